The van der Waals surface area contributed by atoms with Crippen molar-refractivity contribution in [2.75, 3.05) is 5.73 Å². The van der Waals surface area contributed by atoms with Crippen molar-refractivity contribution in [3.63, 3.8) is 0 Å². The second-order valence-corrected chi connectivity index (χ2v) is 3.66. The molecule has 0 bridgehead atoms. The fourth-order valence-corrected chi connectivity index (χ4v) is 1.23. The van der Waals surface area contributed by atoms with E-state index >= 15 is 0 Å². The first-order valence-corrected chi connectivity index (χ1v) is 4.76. The van der Waals surface area contributed by atoms with Crippen LogP contribution in [-0.4, -0.2) is 16.9 Å². The highest BCUT2D eigenvalue weighted by atomic mass is 16.6. The van der Waals surface area contributed by atoms with Gasteiger partial charge in [-0.15, -0.1) is 0 Å². The molecule has 0 atom stereocenters. The summed E-state index contributed by atoms with van der Waals surface area (Å²) in [4.78, 5) is 21.8. The number of carbonyl (C=O) groups excluding carboxylic acids is 1. The van der Waals surface area contributed by atoms with Crippen LogP contribution >= 0.6 is 0 Å². The Bertz CT molecular complexity index is 429. The number of benzene rings is 1. The Kier molecular flexibility index (Phi) is 3.44. The van der Waals surface area contributed by atoms with E-state index in [0.29, 0.717) is 5.69 Å². The highest BCUT2D eigenvalue weighted by molar-refractivity contribution is 5.99. The lowest BCUT2D eigenvalue weighted by Crippen LogP contribution is -2.30. The monoisotopic (exact) mass is 223 g/mol. The van der Waals surface area contributed by atoms with Crippen molar-refractivity contribution < 1.29 is 9.72 Å². The van der Waals surface area contributed by atoms with Gasteiger partial charge in [0.1, 0.15) is 5.56 Å². The normalized spacial score (nSPS) is 10.2. The highest BCUT2D eigenvalue weighted by Gasteiger charge is 2.20. The van der Waals surface area contributed by atoms with Crippen LogP contribution in [0.25, 0.3) is 0 Å². The molecule has 1 rings (SSSR count). The second kappa shape index (κ2) is 4.61. The average Bonchev–Trinajstić information content (AvgIpc) is 2.15. The van der Waals surface area contributed by atoms with Crippen LogP contribution in [-0.2, 0) is 0 Å². The van der Waals surface area contributed by atoms with Crippen LogP contribution in [0, 0.1) is 10.1 Å². The van der Waals surface area contributed by atoms with Crippen LogP contribution in [0.3, 0.4) is 0 Å². The number of hydrogen-bond donors (Lipinski definition) is 2. The molecule has 0 aliphatic heterocycles. The van der Waals surface area contributed by atoms with E-state index in [1.807, 2.05) is 0 Å². The van der Waals surface area contributed by atoms with Gasteiger partial charge in [0, 0.05) is 17.8 Å². The Hall–Kier alpha value is -2.11. The van der Waals surface area contributed by atoms with Gasteiger partial charge in [-0.2, -0.15) is 0 Å². The fourth-order valence-electron chi connectivity index (χ4n) is 1.23. The molecule has 0 aliphatic carbocycles. The number of nitro groups is 1. The largest absolute Gasteiger partial charge is 0.399 e. The van der Waals surface area contributed by atoms with Crippen LogP contribution in [0.5, 0.6) is 0 Å². The highest BCUT2D eigenvalue weighted by Crippen LogP contribution is 2.21. The third-order valence-electron chi connectivity index (χ3n) is 1.88. The molecule has 0 heterocycles. The molecule has 0 aliphatic rings. The molecule has 1 aromatic carbocycles. The Morgan fingerprint density at radius 2 is 2.12 bits per heavy atom. The Morgan fingerprint density at radius 3 is 2.62 bits per heavy atom. The number of nitrogen functional groups attached to an aromatic ring is 1. The van der Waals surface area contributed by atoms with Crippen molar-refractivity contribution in [3.8, 4) is 0 Å². The van der Waals surface area contributed by atoms with E-state index in [2.05, 4.69) is 5.32 Å². The van der Waals surface area contributed by atoms with Crippen molar-refractivity contribution >= 4 is 17.3 Å². The molecule has 6 nitrogen and oxygen atoms in total. The minimum Gasteiger partial charge on any atom is -0.399 e. The number of nitro benzene ring substituents is 1. The van der Waals surface area contributed by atoms with Gasteiger partial charge in [-0.05, 0) is 26.0 Å². The lowest BCUT2D eigenvalue weighted by molar-refractivity contribution is -0.385. The molecular formula is C10H13N3O3. The van der Waals surface area contributed by atoms with E-state index in [1.54, 1.807) is 13.8 Å². The third-order valence-corrected chi connectivity index (χ3v) is 1.88. The lowest BCUT2D eigenvalue weighted by Gasteiger charge is -2.08. The van der Waals surface area contributed by atoms with E-state index in [1.165, 1.54) is 18.2 Å². The topological polar surface area (TPSA) is 98.3 Å². The van der Waals surface area contributed by atoms with Crippen LogP contribution in [0.2, 0.25) is 0 Å². The van der Waals surface area contributed by atoms with E-state index in [9.17, 15) is 14.9 Å². The predicted molar refractivity (Wildman–Crippen MR) is 60.1 cm³/mol. The molecule has 3 N–H and O–H groups in total. The summed E-state index contributed by atoms with van der Waals surface area (Å²) in [5, 5.41) is 13.3. The van der Waals surface area contributed by atoms with Crippen molar-refractivity contribution in [3.05, 3.63) is 33.9 Å². The fraction of sp³-hybridized carbons (Fsp3) is 0.300. The molecule has 0 unspecified atom stereocenters. The lowest BCUT2D eigenvalue weighted by atomic mass is 10.1. The number of rotatable bonds is 3. The SMILES string of the molecule is CC(C)NC(=O)c1cc(N)ccc1[N+](=O)[O-]. The van der Waals surface area contributed by atoms with E-state index in [-0.39, 0.29) is 17.3 Å². The van der Waals surface area contributed by atoms with Gasteiger partial charge in [0.25, 0.3) is 11.6 Å². The number of amides is 1. The molecule has 16 heavy (non-hydrogen) atoms. The average molecular weight is 223 g/mol. The van der Waals surface area contributed by atoms with Crippen molar-refractivity contribution in [1.82, 2.24) is 5.32 Å². The zero-order chi connectivity index (χ0) is 12.3. The molecule has 0 fully saturated rings. The van der Waals surface area contributed by atoms with Crippen molar-refractivity contribution in [2.45, 2.75) is 19.9 Å². The summed E-state index contributed by atoms with van der Waals surface area (Å²) in [5.74, 6) is -0.492. The summed E-state index contributed by atoms with van der Waals surface area (Å²) in [5.41, 5.74) is 5.55. The van der Waals surface area contributed by atoms with Gasteiger partial charge >= 0.3 is 0 Å². The van der Waals surface area contributed by atoms with Gasteiger partial charge in [-0.3, -0.25) is 14.9 Å². The van der Waals surface area contributed by atoms with E-state index in [0.717, 1.165) is 0 Å². The Morgan fingerprint density at radius 1 is 1.50 bits per heavy atom. The summed E-state index contributed by atoms with van der Waals surface area (Å²) in [6.07, 6.45) is 0. The molecule has 0 radical (unpaired) electrons. The van der Waals surface area contributed by atoms with Crippen LogP contribution in [0.15, 0.2) is 18.2 Å². The third kappa shape index (κ3) is 2.69. The molecule has 86 valence electrons. The van der Waals surface area contributed by atoms with Crippen LogP contribution < -0.4 is 11.1 Å². The van der Waals surface area contributed by atoms with Crippen molar-refractivity contribution in [2.24, 2.45) is 0 Å². The molecule has 1 amide bonds. The maximum absolute atomic E-state index is 11.7. The second-order valence-electron chi connectivity index (χ2n) is 3.66. The van der Waals surface area contributed by atoms with Crippen LogP contribution in [0.4, 0.5) is 11.4 Å². The molecule has 0 saturated heterocycles. The summed E-state index contributed by atoms with van der Waals surface area (Å²) in [6, 6.07) is 3.83. The maximum atomic E-state index is 11.7. The molecule has 6 heteroatoms. The maximum Gasteiger partial charge on any atom is 0.282 e. The minimum atomic E-state index is -0.602. The molecule has 0 saturated carbocycles. The van der Waals surface area contributed by atoms with Gasteiger partial charge in [-0.1, -0.05) is 0 Å². The van der Waals surface area contributed by atoms with Gasteiger partial charge in [0.15, 0.2) is 0 Å². The Labute approximate surface area is 92.6 Å². The van der Waals surface area contributed by atoms with Crippen LogP contribution in [0.1, 0.15) is 24.2 Å². The number of nitrogens with two attached hydrogens (primary N) is 1. The predicted octanol–water partition coefficient (Wildman–Crippen LogP) is 1.32. The summed E-state index contributed by atoms with van der Waals surface area (Å²) < 4.78 is 0. The first-order chi connectivity index (χ1) is 7.41. The molecule has 0 aromatic heterocycles. The number of carbonyl (C=O) groups is 1. The van der Waals surface area contributed by atoms with Crippen molar-refractivity contribution in [1.29, 1.82) is 0 Å². The number of anilines is 1. The summed E-state index contributed by atoms with van der Waals surface area (Å²) >= 11 is 0. The number of hydrogen-bond acceptors (Lipinski definition) is 4. The zero-order valence-electron chi connectivity index (χ0n) is 9.06. The van der Waals surface area contributed by atoms with Gasteiger partial charge in [0.2, 0.25) is 0 Å². The summed E-state index contributed by atoms with van der Waals surface area (Å²) in [7, 11) is 0. The Balaban J connectivity index is 3.14. The van der Waals surface area contributed by atoms with Gasteiger partial charge in [-0.25, -0.2) is 0 Å². The van der Waals surface area contributed by atoms with Gasteiger partial charge in [0.05, 0.1) is 4.92 Å². The molecular weight excluding hydrogens is 210 g/mol. The standard InChI is InChI=1S/C10H13N3O3/c1-6(2)12-10(14)8-5-7(11)3-4-9(8)13(15)16/h3-6H,11H2,1-2H3,(H,12,14). The molecule has 1 aromatic rings. The smallest absolute Gasteiger partial charge is 0.282 e. The first-order valence-electron chi connectivity index (χ1n) is 4.76. The first kappa shape index (κ1) is 12.0. The van der Waals surface area contributed by atoms with E-state index in [4.69, 9.17) is 5.73 Å². The molecule has 0 spiro atoms. The minimum absolute atomic E-state index is 0.0151. The zero-order valence-corrected chi connectivity index (χ0v) is 9.06. The number of nitrogens with one attached hydrogen (secondary N) is 1. The number of nitrogens with zero attached hydrogens (tertiary/aromatic N) is 1. The van der Waals surface area contributed by atoms with E-state index < -0.39 is 10.8 Å². The summed E-state index contributed by atoms with van der Waals surface area (Å²) in [6.45, 7) is 3.55. The quantitative estimate of drug-likeness (QED) is 0.458. The van der Waals surface area contributed by atoms with Gasteiger partial charge < -0.3 is 11.1 Å².